The minimum absolute atomic E-state index is 0.0330. The molecular weight excluding hydrogens is 280 g/mol. The standard InChI is InChI=1S/C11H13ClO5S/c1-8-4-5-10(18(12,15)16)9(7-8)17-6-2-3-11(13)14/h4-5,7H,2-3,6H2,1H3,(H,13,14). The third kappa shape index (κ3) is 4.54. The molecule has 0 spiro atoms. The van der Waals surface area contributed by atoms with Crippen LogP contribution in [0.25, 0.3) is 0 Å². The van der Waals surface area contributed by atoms with Crippen molar-refractivity contribution in [2.24, 2.45) is 0 Å². The minimum atomic E-state index is -3.87. The largest absolute Gasteiger partial charge is 0.492 e. The number of aliphatic carboxylic acids is 1. The highest BCUT2D eigenvalue weighted by molar-refractivity contribution is 8.13. The van der Waals surface area contributed by atoms with Gasteiger partial charge in [0.15, 0.2) is 0 Å². The van der Waals surface area contributed by atoms with Gasteiger partial charge in [-0.3, -0.25) is 4.79 Å². The Morgan fingerprint density at radius 3 is 2.67 bits per heavy atom. The Kier molecular flexibility index (Phi) is 4.98. The van der Waals surface area contributed by atoms with Crippen LogP contribution in [0.5, 0.6) is 5.75 Å². The highest BCUT2D eigenvalue weighted by Crippen LogP contribution is 2.28. The molecule has 0 aliphatic rings. The lowest BCUT2D eigenvalue weighted by atomic mass is 10.2. The zero-order valence-electron chi connectivity index (χ0n) is 9.72. The van der Waals surface area contributed by atoms with E-state index in [2.05, 4.69) is 0 Å². The quantitative estimate of drug-likeness (QED) is 0.642. The number of carbonyl (C=O) groups is 1. The molecule has 1 aromatic rings. The van der Waals surface area contributed by atoms with E-state index in [1.54, 1.807) is 19.1 Å². The van der Waals surface area contributed by atoms with Crippen LogP contribution in [0.3, 0.4) is 0 Å². The zero-order valence-corrected chi connectivity index (χ0v) is 11.3. The van der Waals surface area contributed by atoms with Crippen molar-refractivity contribution in [3.63, 3.8) is 0 Å². The number of carboxylic acid groups (broad SMARTS) is 1. The number of aryl methyl sites for hydroxylation is 1. The average molecular weight is 293 g/mol. The highest BCUT2D eigenvalue weighted by Gasteiger charge is 2.16. The second-order valence-corrected chi connectivity index (χ2v) is 6.27. The Labute approximate surface area is 110 Å². The molecule has 0 saturated heterocycles. The van der Waals surface area contributed by atoms with Crippen LogP contribution in [0.4, 0.5) is 0 Å². The van der Waals surface area contributed by atoms with Gasteiger partial charge in [-0.2, -0.15) is 0 Å². The zero-order chi connectivity index (χ0) is 13.8. The SMILES string of the molecule is Cc1ccc(S(=O)(=O)Cl)c(OCCCC(=O)O)c1. The summed E-state index contributed by atoms with van der Waals surface area (Å²) < 4.78 is 27.9. The Morgan fingerprint density at radius 1 is 1.44 bits per heavy atom. The van der Waals surface area contributed by atoms with E-state index in [1.165, 1.54) is 6.07 Å². The second kappa shape index (κ2) is 6.06. The van der Waals surface area contributed by atoms with Gasteiger partial charge in [0.1, 0.15) is 10.6 Å². The van der Waals surface area contributed by atoms with Crippen molar-refractivity contribution in [2.45, 2.75) is 24.7 Å². The van der Waals surface area contributed by atoms with Crippen molar-refractivity contribution in [3.8, 4) is 5.75 Å². The fourth-order valence-electron chi connectivity index (χ4n) is 1.34. The lowest BCUT2D eigenvalue weighted by Crippen LogP contribution is -2.05. The number of rotatable bonds is 6. The summed E-state index contributed by atoms with van der Waals surface area (Å²) >= 11 is 0. The average Bonchev–Trinajstić information content (AvgIpc) is 2.22. The van der Waals surface area contributed by atoms with Crippen LogP contribution < -0.4 is 4.74 Å². The summed E-state index contributed by atoms with van der Waals surface area (Å²) in [5.74, 6) is -0.775. The summed E-state index contributed by atoms with van der Waals surface area (Å²) in [6, 6.07) is 4.53. The van der Waals surface area contributed by atoms with Crippen LogP contribution in [0.2, 0.25) is 0 Å². The summed E-state index contributed by atoms with van der Waals surface area (Å²) in [5, 5.41) is 8.47. The van der Waals surface area contributed by atoms with Crippen LogP contribution in [-0.2, 0) is 13.8 Å². The molecule has 7 heteroatoms. The first-order valence-corrected chi connectivity index (χ1v) is 7.51. The van der Waals surface area contributed by atoms with Gasteiger partial charge >= 0.3 is 5.97 Å². The van der Waals surface area contributed by atoms with Crippen LogP contribution in [0, 0.1) is 6.92 Å². The molecule has 0 aliphatic carbocycles. The van der Waals surface area contributed by atoms with E-state index in [0.717, 1.165) is 5.56 Å². The molecule has 0 fully saturated rings. The van der Waals surface area contributed by atoms with E-state index < -0.39 is 15.0 Å². The second-order valence-electron chi connectivity index (χ2n) is 3.73. The van der Waals surface area contributed by atoms with Gasteiger partial charge < -0.3 is 9.84 Å². The normalized spacial score (nSPS) is 11.2. The van der Waals surface area contributed by atoms with Crippen LogP contribution in [0.15, 0.2) is 23.1 Å². The molecule has 18 heavy (non-hydrogen) atoms. The molecule has 1 rings (SSSR count). The molecule has 5 nitrogen and oxygen atoms in total. The number of hydrogen-bond acceptors (Lipinski definition) is 4. The van der Waals surface area contributed by atoms with Crippen molar-refractivity contribution in [2.75, 3.05) is 6.61 Å². The predicted octanol–water partition coefficient (Wildman–Crippen LogP) is 2.17. The fraction of sp³-hybridized carbons (Fsp3) is 0.364. The van der Waals surface area contributed by atoms with Gasteiger partial charge in [0.05, 0.1) is 6.61 Å². The predicted molar refractivity (Wildman–Crippen MR) is 66.6 cm³/mol. The summed E-state index contributed by atoms with van der Waals surface area (Å²) in [5.41, 5.74) is 0.826. The first-order chi connectivity index (χ1) is 8.30. The third-order valence-electron chi connectivity index (χ3n) is 2.15. The molecule has 0 radical (unpaired) electrons. The van der Waals surface area contributed by atoms with Crippen LogP contribution >= 0.6 is 10.7 Å². The molecule has 0 unspecified atom stereocenters. The van der Waals surface area contributed by atoms with Gasteiger partial charge in [-0.05, 0) is 31.0 Å². The molecule has 0 bridgehead atoms. The molecular formula is C11H13ClO5S. The molecule has 0 aromatic heterocycles. The number of benzene rings is 1. The van der Waals surface area contributed by atoms with Crippen molar-refractivity contribution in [1.82, 2.24) is 0 Å². The number of ether oxygens (including phenoxy) is 1. The van der Waals surface area contributed by atoms with Gasteiger partial charge in [-0.15, -0.1) is 0 Å². The molecule has 1 aromatic carbocycles. The summed E-state index contributed by atoms with van der Waals surface area (Å²) in [4.78, 5) is 10.2. The van der Waals surface area contributed by atoms with Crippen molar-refractivity contribution >= 4 is 25.7 Å². The van der Waals surface area contributed by atoms with E-state index in [-0.39, 0.29) is 23.7 Å². The lowest BCUT2D eigenvalue weighted by molar-refractivity contribution is -0.137. The smallest absolute Gasteiger partial charge is 0.303 e. The van der Waals surface area contributed by atoms with E-state index in [1.807, 2.05) is 0 Å². The molecule has 0 heterocycles. The van der Waals surface area contributed by atoms with Crippen molar-refractivity contribution in [1.29, 1.82) is 0 Å². The first kappa shape index (κ1) is 14.8. The Morgan fingerprint density at radius 2 is 2.11 bits per heavy atom. The monoisotopic (exact) mass is 292 g/mol. The van der Waals surface area contributed by atoms with Crippen molar-refractivity contribution in [3.05, 3.63) is 23.8 Å². The highest BCUT2D eigenvalue weighted by atomic mass is 35.7. The molecule has 0 saturated carbocycles. The molecule has 0 aliphatic heterocycles. The Hall–Kier alpha value is -1.27. The maximum absolute atomic E-state index is 11.3. The van der Waals surface area contributed by atoms with Crippen LogP contribution in [0.1, 0.15) is 18.4 Å². The number of hydrogen-bond donors (Lipinski definition) is 1. The number of halogens is 1. The Balaban J connectivity index is 2.80. The topological polar surface area (TPSA) is 80.7 Å². The van der Waals surface area contributed by atoms with Gasteiger partial charge in [0.25, 0.3) is 9.05 Å². The fourth-order valence-corrected chi connectivity index (χ4v) is 2.31. The van der Waals surface area contributed by atoms with Gasteiger partial charge in [0.2, 0.25) is 0 Å². The maximum atomic E-state index is 11.3. The van der Waals surface area contributed by atoms with E-state index in [0.29, 0.717) is 6.42 Å². The first-order valence-electron chi connectivity index (χ1n) is 5.20. The Bertz CT molecular complexity index is 538. The molecule has 100 valence electrons. The van der Waals surface area contributed by atoms with E-state index in [9.17, 15) is 13.2 Å². The number of carboxylic acids is 1. The van der Waals surface area contributed by atoms with Crippen LogP contribution in [-0.4, -0.2) is 26.1 Å². The van der Waals surface area contributed by atoms with Gasteiger partial charge in [0, 0.05) is 17.1 Å². The molecule has 0 atom stereocenters. The van der Waals surface area contributed by atoms with Crippen molar-refractivity contribution < 1.29 is 23.1 Å². The maximum Gasteiger partial charge on any atom is 0.303 e. The summed E-state index contributed by atoms with van der Waals surface area (Å²) in [7, 11) is 1.40. The summed E-state index contributed by atoms with van der Waals surface area (Å²) in [6.07, 6.45) is 0.264. The molecule has 1 N–H and O–H groups in total. The molecule has 0 amide bonds. The van der Waals surface area contributed by atoms with E-state index >= 15 is 0 Å². The van der Waals surface area contributed by atoms with Gasteiger partial charge in [-0.25, -0.2) is 8.42 Å². The van der Waals surface area contributed by atoms with Gasteiger partial charge in [-0.1, -0.05) is 6.07 Å². The third-order valence-corrected chi connectivity index (χ3v) is 3.52. The summed E-state index contributed by atoms with van der Waals surface area (Å²) in [6.45, 7) is 1.91. The minimum Gasteiger partial charge on any atom is -0.492 e. The van der Waals surface area contributed by atoms with E-state index in [4.69, 9.17) is 20.5 Å². The lowest BCUT2D eigenvalue weighted by Gasteiger charge is -2.09.